The number of hydrogen-bond acceptors (Lipinski definition) is 3. The Bertz CT molecular complexity index is 1040. The molecule has 0 unspecified atom stereocenters. The Hall–Kier alpha value is -1.06. The molecule has 0 amide bonds. The van der Waals surface area contributed by atoms with E-state index in [2.05, 4.69) is 52.5 Å². The van der Waals surface area contributed by atoms with E-state index < -0.39 is 0 Å². The maximum Gasteiger partial charge on any atom is 0.119 e. The second kappa shape index (κ2) is 6.01. The lowest BCUT2D eigenvalue weighted by Crippen LogP contribution is -2.74. The van der Waals surface area contributed by atoms with Crippen LogP contribution in [0.2, 0.25) is 0 Å². The molecule has 2 saturated carbocycles. The minimum atomic E-state index is -0.143. The van der Waals surface area contributed by atoms with Gasteiger partial charge in [-0.3, -0.25) is 4.90 Å². The van der Waals surface area contributed by atoms with Crippen LogP contribution in [0.25, 0.3) is 0 Å². The summed E-state index contributed by atoms with van der Waals surface area (Å²) >= 11 is 0. The molecule has 0 aromatic heterocycles. The van der Waals surface area contributed by atoms with Gasteiger partial charge in [0.1, 0.15) is 5.75 Å². The largest absolute Gasteiger partial charge is 0.508 e. The highest BCUT2D eigenvalue weighted by Gasteiger charge is 2.79. The summed E-state index contributed by atoms with van der Waals surface area (Å²) in [6.07, 6.45) is 8.59. The van der Waals surface area contributed by atoms with Crippen LogP contribution in [0.15, 0.2) is 12.1 Å². The highest BCUT2D eigenvalue weighted by atomic mass is 16.5. The zero-order chi connectivity index (χ0) is 23.2. The van der Waals surface area contributed by atoms with Crippen molar-refractivity contribution in [3.8, 4) is 5.75 Å². The molecule has 33 heavy (non-hydrogen) atoms. The van der Waals surface area contributed by atoms with Crippen molar-refractivity contribution in [3.63, 3.8) is 0 Å². The Morgan fingerprint density at radius 1 is 1.06 bits per heavy atom. The Kier molecular flexibility index (Phi) is 3.87. The van der Waals surface area contributed by atoms with E-state index in [-0.39, 0.29) is 27.4 Å². The number of phenolic OH excluding ortho intramolecular Hbond substituents is 1. The first-order valence-electron chi connectivity index (χ1n) is 13.8. The number of nitrogens with zero attached hydrogens (tertiary/aromatic N) is 1. The lowest BCUT2D eigenvalue weighted by atomic mass is 9.37. The van der Waals surface area contributed by atoms with Gasteiger partial charge in [0.25, 0.3) is 0 Å². The van der Waals surface area contributed by atoms with Gasteiger partial charge in [0.15, 0.2) is 0 Å². The average molecular weight is 450 g/mol. The molecule has 6 aliphatic rings. The first-order chi connectivity index (χ1) is 15.5. The summed E-state index contributed by atoms with van der Waals surface area (Å²) < 4.78 is 7.34. The van der Waals surface area contributed by atoms with Crippen LogP contribution < -0.4 is 0 Å². The summed E-state index contributed by atoms with van der Waals surface area (Å²) in [4.78, 5) is 2.92. The van der Waals surface area contributed by atoms with Crippen molar-refractivity contribution in [3.05, 3.63) is 28.8 Å². The monoisotopic (exact) mass is 449 g/mol. The molecule has 1 N–H and O–H groups in total. The van der Waals surface area contributed by atoms with Crippen molar-refractivity contribution < 1.29 is 9.84 Å². The molecule has 4 aliphatic carbocycles. The van der Waals surface area contributed by atoms with Crippen molar-refractivity contribution in [2.45, 2.75) is 109 Å². The molecule has 4 fully saturated rings. The first kappa shape index (κ1) is 21.2. The second-order valence-electron chi connectivity index (χ2n) is 14.1. The van der Waals surface area contributed by atoms with Crippen LogP contribution in [0.4, 0.5) is 0 Å². The van der Waals surface area contributed by atoms with Gasteiger partial charge in [0.2, 0.25) is 0 Å². The summed E-state index contributed by atoms with van der Waals surface area (Å²) in [6, 6.07) is 4.90. The molecule has 2 heterocycles. The Morgan fingerprint density at radius 3 is 2.52 bits per heavy atom. The highest BCUT2D eigenvalue weighted by Crippen LogP contribution is 2.77. The third-order valence-corrected chi connectivity index (χ3v) is 12.6. The van der Waals surface area contributed by atoms with Crippen molar-refractivity contribution in [2.24, 2.45) is 28.6 Å². The topological polar surface area (TPSA) is 32.7 Å². The van der Waals surface area contributed by atoms with Crippen LogP contribution in [0.5, 0.6) is 5.75 Å². The van der Waals surface area contributed by atoms with Gasteiger partial charge in [-0.25, -0.2) is 0 Å². The van der Waals surface area contributed by atoms with Gasteiger partial charge in [-0.05, 0) is 111 Å². The summed E-state index contributed by atoms with van der Waals surface area (Å²) in [5.41, 5.74) is 4.64. The molecule has 3 nitrogen and oxygen atoms in total. The molecular formula is C30H43NO2. The van der Waals surface area contributed by atoms with Crippen molar-refractivity contribution >= 4 is 0 Å². The molecule has 2 aliphatic heterocycles. The van der Waals surface area contributed by atoms with Gasteiger partial charge < -0.3 is 9.84 Å². The van der Waals surface area contributed by atoms with Gasteiger partial charge in [0.05, 0.1) is 11.2 Å². The zero-order valence-electron chi connectivity index (χ0n) is 21.6. The molecule has 1 aromatic rings. The second-order valence-corrected chi connectivity index (χ2v) is 14.1. The third-order valence-electron chi connectivity index (χ3n) is 12.6. The molecule has 1 aromatic carbocycles. The van der Waals surface area contributed by atoms with E-state index in [0.29, 0.717) is 23.6 Å². The zero-order valence-corrected chi connectivity index (χ0v) is 21.6. The van der Waals surface area contributed by atoms with Crippen molar-refractivity contribution in [1.29, 1.82) is 0 Å². The van der Waals surface area contributed by atoms with E-state index in [1.54, 1.807) is 5.56 Å². The number of phenols is 1. The summed E-state index contributed by atoms with van der Waals surface area (Å²) in [5, 5.41) is 11.1. The minimum absolute atomic E-state index is 0.101. The van der Waals surface area contributed by atoms with Crippen LogP contribution in [0.1, 0.15) is 90.3 Å². The van der Waals surface area contributed by atoms with Gasteiger partial charge >= 0.3 is 0 Å². The molecule has 0 radical (unpaired) electrons. The fourth-order valence-electron chi connectivity index (χ4n) is 10.4. The van der Waals surface area contributed by atoms with Crippen LogP contribution in [0, 0.1) is 28.6 Å². The van der Waals surface area contributed by atoms with Gasteiger partial charge in [-0.2, -0.15) is 0 Å². The molecule has 180 valence electrons. The molecule has 3 heteroatoms. The minimum Gasteiger partial charge on any atom is -0.508 e. The molecule has 2 bridgehead atoms. The van der Waals surface area contributed by atoms with E-state index in [9.17, 15) is 5.11 Å². The van der Waals surface area contributed by atoms with Crippen LogP contribution >= 0.6 is 0 Å². The summed E-state index contributed by atoms with van der Waals surface area (Å²) in [6.45, 7) is 17.3. The third kappa shape index (κ3) is 2.18. The van der Waals surface area contributed by atoms with Crippen LogP contribution in [-0.2, 0) is 23.0 Å². The Balaban J connectivity index is 1.49. The van der Waals surface area contributed by atoms with E-state index in [1.165, 1.54) is 49.9 Å². The molecule has 6 atom stereocenters. The van der Waals surface area contributed by atoms with Gasteiger partial charge in [-0.1, -0.05) is 33.8 Å². The van der Waals surface area contributed by atoms with Crippen molar-refractivity contribution in [1.82, 2.24) is 4.90 Å². The fraction of sp³-hybridized carbons (Fsp3) is 0.800. The SMILES string of the molecule is CC[C@@]12OC(C)(C)C(C)(C)[C@H]1C[C@]1(C)[C@H]3Cc4ccc(O)c5c4[C@@]1(CCN3CC1CC1)[C@H]2C5. The summed E-state index contributed by atoms with van der Waals surface area (Å²) in [5.74, 6) is 2.49. The van der Waals surface area contributed by atoms with E-state index >= 15 is 0 Å². The summed E-state index contributed by atoms with van der Waals surface area (Å²) in [7, 11) is 0. The number of hydrogen-bond donors (Lipinski definition) is 1. The lowest BCUT2D eigenvalue weighted by molar-refractivity contribution is -0.218. The molecule has 7 rings (SSSR count). The fourth-order valence-corrected chi connectivity index (χ4v) is 10.4. The Morgan fingerprint density at radius 2 is 1.82 bits per heavy atom. The molecular weight excluding hydrogens is 406 g/mol. The normalized spacial score (nSPS) is 46.2. The predicted molar refractivity (Wildman–Crippen MR) is 132 cm³/mol. The molecule has 2 saturated heterocycles. The Labute approximate surface area is 200 Å². The van der Waals surface area contributed by atoms with E-state index in [0.717, 1.165) is 25.2 Å². The number of piperidine rings is 1. The quantitative estimate of drug-likeness (QED) is 0.628. The number of ether oxygens (including phenoxy) is 1. The van der Waals surface area contributed by atoms with Gasteiger partial charge in [-0.15, -0.1) is 0 Å². The number of fused-ring (bicyclic) bond motifs is 2. The smallest absolute Gasteiger partial charge is 0.119 e. The number of benzene rings is 1. The van der Waals surface area contributed by atoms with Crippen LogP contribution in [-0.4, -0.2) is 40.3 Å². The first-order valence-corrected chi connectivity index (χ1v) is 13.8. The van der Waals surface area contributed by atoms with E-state index in [1.807, 2.05) is 6.07 Å². The molecule has 1 spiro atoms. The average Bonchev–Trinajstić information content (AvgIpc) is 3.46. The lowest BCUT2D eigenvalue weighted by Gasteiger charge is -2.70. The van der Waals surface area contributed by atoms with E-state index in [4.69, 9.17) is 4.74 Å². The predicted octanol–water partition coefficient (Wildman–Crippen LogP) is 5.85. The van der Waals surface area contributed by atoms with Crippen molar-refractivity contribution in [2.75, 3.05) is 13.1 Å². The number of rotatable bonds is 3. The highest BCUT2D eigenvalue weighted by molar-refractivity contribution is 5.59. The van der Waals surface area contributed by atoms with Gasteiger partial charge in [0, 0.05) is 23.9 Å². The standard InChI is InChI=1S/C30H43NO2/c1-7-30-22-15-20-21(32)11-10-19-14-24-28(6,16-23(30)26(2,3)27(4,5)33-30)29(22,25(19)20)12-13-31(24)17-18-8-9-18/h10-11,18,22-24,32H,7-9,12-17H2,1-6H3/t22-,23-,24-,28-,29-,30+/m1/s1. The van der Waals surface area contributed by atoms with Crippen LogP contribution in [0.3, 0.4) is 0 Å². The number of likely N-dealkylation sites (tertiary alicyclic amines) is 1. The maximum absolute atomic E-state index is 11.1. The maximum atomic E-state index is 11.1. The number of aromatic hydroxyl groups is 1.